The zero-order valence-electron chi connectivity index (χ0n) is 17.3. The Labute approximate surface area is 169 Å². The molecule has 1 aromatic carbocycles. The lowest BCUT2D eigenvalue weighted by atomic mass is 10.1. The maximum Gasteiger partial charge on any atom is 0.338 e. The number of urea groups is 1. The van der Waals surface area contributed by atoms with Crippen LogP contribution >= 0.6 is 0 Å². The van der Waals surface area contributed by atoms with Gasteiger partial charge in [0.2, 0.25) is 0 Å². The highest BCUT2D eigenvalue weighted by molar-refractivity contribution is 5.96. The van der Waals surface area contributed by atoms with Crippen LogP contribution in [0.1, 0.15) is 41.2 Å². The summed E-state index contributed by atoms with van der Waals surface area (Å²) in [6.07, 6.45) is 0. The van der Waals surface area contributed by atoms with E-state index in [2.05, 4.69) is 21.0 Å². The van der Waals surface area contributed by atoms with E-state index in [1.54, 1.807) is 42.9 Å². The van der Waals surface area contributed by atoms with E-state index in [9.17, 15) is 14.4 Å². The number of anilines is 1. The summed E-state index contributed by atoms with van der Waals surface area (Å²) in [5.41, 5.74) is 3.28. The van der Waals surface area contributed by atoms with Gasteiger partial charge in [0.1, 0.15) is 0 Å². The Bertz CT molecular complexity index is 887. The molecule has 0 aliphatic carbocycles. The summed E-state index contributed by atoms with van der Waals surface area (Å²) in [7, 11) is 1.79. The first kappa shape index (κ1) is 21.9. The first-order valence-corrected chi connectivity index (χ1v) is 9.28. The first-order chi connectivity index (χ1) is 13.7. The van der Waals surface area contributed by atoms with E-state index >= 15 is 0 Å². The molecule has 0 radical (unpaired) electrons. The predicted octanol–water partition coefficient (Wildman–Crippen LogP) is 2.04. The molecular weight excluding hydrogens is 374 g/mol. The molecule has 0 saturated heterocycles. The minimum atomic E-state index is -0.600. The molecular formula is C20H27N5O4. The number of amides is 3. The van der Waals surface area contributed by atoms with Crippen molar-refractivity contribution in [2.45, 2.75) is 40.3 Å². The van der Waals surface area contributed by atoms with Crippen LogP contribution < -0.4 is 16.0 Å². The molecule has 156 valence electrons. The van der Waals surface area contributed by atoms with Crippen LogP contribution in [0.2, 0.25) is 0 Å². The van der Waals surface area contributed by atoms with Gasteiger partial charge < -0.3 is 20.7 Å². The Kier molecular flexibility index (Phi) is 7.35. The van der Waals surface area contributed by atoms with Crippen LogP contribution in [0.5, 0.6) is 0 Å². The number of aromatic nitrogens is 2. The smallest absolute Gasteiger partial charge is 0.338 e. The van der Waals surface area contributed by atoms with Gasteiger partial charge in [-0.1, -0.05) is 12.1 Å². The van der Waals surface area contributed by atoms with Gasteiger partial charge in [0, 0.05) is 19.6 Å². The Balaban J connectivity index is 1.83. The molecule has 2 rings (SSSR count). The van der Waals surface area contributed by atoms with Crippen molar-refractivity contribution >= 4 is 23.6 Å². The molecule has 0 saturated carbocycles. The van der Waals surface area contributed by atoms with Crippen molar-refractivity contribution < 1.29 is 19.1 Å². The van der Waals surface area contributed by atoms with Crippen molar-refractivity contribution in [3.63, 3.8) is 0 Å². The van der Waals surface area contributed by atoms with Crippen LogP contribution in [0.25, 0.3) is 0 Å². The topological polar surface area (TPSA) is 114 Å². The van der Waals surface area contributed by atoms with Crippen molar-refractivity contribution in [1.29, 1.82) is 0 Å². The maximum absolute atomic E-state index is 12.1. The number of hydrogen-bond acceptors (Lipinski definition) is 5. The molecule has 0 unspecified atom stereocenters. The van der Waals surface area contributed by atoms with E-state index in [0.29, 0.717) is 23.5 Å². The van der Waals surface area contributed by atoms with Gasteiger partial charge in [-0.05, 0) is 45.4 Å². The number of ether oxygens (including phenoxy) is 1. The van der Waals surface area contributed by atoms with Crippen LogP contribution in [0, 0.1) is 13.8 Å². The Morgan fingerprint density at radius 1 is 1.14 bits per heavy atom. The van der Waals surface area contributed by atoms with Gasteiger partial charge in [0.15, 0.2) is 6.61 Å². The number of hydrogen-bond donors (Lipinski definition) is 3. The zero-order chi connectivity index (χ0) is 21.6. The Morgan fingerprint density at radius 2 is 1.79 bits per heavy atom. The summed E-state index contributed by atoms with van der Waals surface area (Å²) in [5.74, 6) is -1.04. The minimum Gasteiger partial charge on any atom is -0.452 e. The average Bonchev–Trinajstić information content (AvgIpc) is 2.90. The third-order valence-corrected chi connectivity index (χ3v) is 4.17. The average molecular weight is 401 g/mol. The van der Waals surface area contributed by atoms with Crippen LogP contribution in [0.15, 0.2) is 24.3 Å². The standard InChI is InChI=1S/C20H27N5O4/c1-12(2)22-20(28)21-10-15-6-8-16(9-7-15)19(27)29-11-17(26)23-18-13(3)24-25(5)14(18)4/h6-9,12H,10-11H2,1-5H3,(H,23,26)(H2,21,22,28). The molecule has 0 aliphatic rings. The molecule has 0 atom stereocenters. The van der Waals surface area contributed by atoms with E-state index in [4.69, 9.17) is 4.74 Å². The number of carbonyl (C=O) groups is 3. The van der Waals surface area contributed by atoms with Gasteiger partial charge in [0.25, 0.3) is 5.91 Å². The molecule has 9 heteroatoms. The number of carbonyl (C=O) groups excluding carboxylic acids is 3. The van der Waals surface area contributed by atoms with Crippen molar-refractivity contribution in [3.05, 3.63) is 46.8 Å². The number of benzene rings is 1. The molecule has 1 aromatic heterocycles. The monoisotopic (exact) mass is 401 g/mol. The summed E-state index contributed by atoms with van der Waals surface area (Å²) < 4.78 is 6.74. The fourth-order valence-corrected chi connectivity index (χ4v) is 2.60. The van der Waals surface area contributed by atoms with Crippen molar-refractivity contribution in [3.8, 4) is 0 Å². The van der Waals surface area contributed by atoms with E-state index < -0.39 is 18.5 Å². The number of rotatable bonds is 7. The lowest BCUT2D eigenvalue weighted by Crippen LogP contribution is -2.39. The van der Waals surface area contributed by atoms with E-state index in [1.165, 1.54) is 0 Å². The van der Waals surface area contributed by atoms with Crippen molar-refractivity contribution in [2.24, 2.45) is 7.05 Å². The van der Waals surface area contributed by atoms with E-state index in [0.717, 1.165) is 11.3 Å². The SMILES string of the molecule is Cc1nn(C)c(C)c1NC(=O)COC(=O)c1ccc(CNC(=O)NC(C)C)cc1. The molecule has 3 amide bonds. The highest BCUT2D eigenvalue weighted by Crippen LogP contribution is 2.18. The molecule has 1 heterocycles. The Hall–Kier alpha value is -3.36. The second kappa shape index (κ2) is 9.72. The van der Waals surface area contributed by atoms with E-state index in [-0.39, 0.29) is 12.1 Å². The fourth-order valence-electron chi connectivity index (χ4n) is 2.60. The fraction of sp³-hybridized carbons (Fsp3) is 0.400. The summed E-state index contributed by atoms with van der Waals surface area (Å²) in [4.78, 5) is 35.8. The molecule has 0 fully saturated rings. The number of esters is 1. The van der Waals surface area contributed by atoms with Gasteiger partial charge in [-0.15, -0.1) is 0 Å². The third kappa shape index (κ3) is 6.34. The van der Waals surface area contributed by atoms with Crippen LogP contribution in [0.3, 0.4) is 0 Å². The van der Waals surface area contributed by atoms with Gasteiger partial charge >= 0.3 is 12.0 Å². The summed E-state index contributed by atoms with van der Waals surface area (Å²) in [6, 6.07) is 6.41. The van der Waals surface area contributed by atoms with Gasteiger partial charge in [-0.3, -0.25) is 9.48 Å². The minimum absolute atomic E-state index is 0.0512. The highest BCUT2D eigenvalue weighted by Gasteiger charge is 2.15. The zero-order valence-corrected chi connectivity index (χ0v) is 17.3. The van der Waals surface area contributed by atoms with Crippen LogP contribution in [0.4, 0.5) is 10.5 Å². The summed E-state index contributed by atoms with van der Waals surface area (Å²) >= 11 is 0. The molecule has 2 aromatic rings. The highest BCUT2D eigenvalue weighted by atomic mass is 16.5. The predicted molar refractivity (Wildman–Crippen MR) is 109 cm³/mol. The normalized spacial score (nSPS) is 10.6. The molecule has 3 N–H and O–H groups in total. The van der Waals surface area contributed by atoms with Crippen molar-refractivity contribution in [2.75, 3.05) is 11.9 Å². The van der Waals surface area contributed by atoms with Crippen LogP contribution in [-0.2, 0) is 23.1 Å². The number of nitrogens with one attached hydrogen (secondary N) is 3. The second-order valence-corrected chi connectivity index (χ2v) is 6.97. The van der Waals surface area contributed by atoms with E-state index in [1.807, 2.05) is 20.8 Å². The van der Waals surface area contributed by atoms with Gasteiger partial charge in [-0.2, -0.15) is 5.10 Å². The molecule has 9 nitrogen and oxygen atoms in total. The van der Waals surface area contributed by atoms with Gasteiger partial charge in [-0.25, -0.2) is 9.59 Å². The second-order valence-electron chi connectivity index (χ2n) is 6.97. The third-order valence-electron chi connectivity index (χ3n) is 4.17. The van der Waals surface area contributed by atoms with Gasteiger partial charge in [0.05, 0.1) is 22.6 Å². The van der Waals surface area contributed by atoms with Crippen LogP contribution in [-0.4, -0.2) is 40.3 Å². The number of nitrogens with zero attached hydrogens (tertiary/aromatic N) is 2. The Morgan fingerprint density at radius 3 is 2.34 bits per heavy atom. The quantitative estimate of drug-likeness (QED) is 0.614. The lowest BCUT2D eigenvalue weighted by molar-refractivity contribution is -0.119. The summed E-state index contributed by atoms with van der Waals surface area (Å²) in [5, 5.41) is 12.4. The lowest BCUT2D eigenvalue weighted by Gasteiger charge is -2.10. The van der Waals surface area contributed by atoms with Crippen molar-refractivity contribution in [1.82, 2.24) is 20.4 Å². The largest absolute Gasteiger partial charge is 0.452 e. The number of aryl methyl sites for hydroxylation is 2. The molecule has 29 heavy (non-hydrogen) atoms. The molecule has 0 spiro atoms. The first-order valence-electron chi connectivity index (χ1n) is 9.28. The molecule has 0 bridgehead atoms. The maximum atomic E-state index is 12.1. The molecule has 0 aliphatic heterocycles. The summed E-state index contributed by atoms with van der Waals surface area (Å²) in [6.45, 7) is 7.31.